The molecule has 1 fully saturated rings. The summed E-state index contributed by atoms with van der Waals surface area (Å²) >= 11 is 2.96. The van der Waals surface area contributed by atoms with E-state index in [0.29, 0.717) is 9.75 Å². The number of Topliss-reactive ketones (excluding diaryl/α,β-unsaturated/α-hetero) is 1. The zero-order valence-electron chi connectivity index (χ0n) is 11.2. The summed E-state index contributed by atoms with van der Waals surface area (Å²) in [6.07, 6.45) is 2.06. The summed E-state index contributed by atoms with van der Waals surface area (Å²) < 4.78 is 0. The molecule has 0 saturated carbocycles. The SMILES string of the molecule is CC(=O)c1ccc(C(=O)N2CCC[C@H]2c2ccsc2)s1. The highest BCUT2D eigenvalue weighted by Crippen LogP contribution is 2.35. The van der Waals surface area contributed by atoms with Crippen molar-refractivity contribution in [1.82, 2.24) is 4.90 Å². The van der Waals surface area contributed by atoms with Crippen molar-refractivity contribution in [2.45, 2.75) is 25.8 Å². The Hall–Kier alpha value is -1.46. The second-order valence-electron chi connectivity index (χ2n) is 4.93. The quantitative estimate of drug-likeness (QED) is 0.804. The molecule has 0 spiro atoms. The Morgan fingerprint density at radius 3 is 2.70 bits per heavy atom. The first kappa shape index (κ1) is 13.5. The third-order valence-electron chi connectivity index (χ3n) is 3.61. The molecule has 1 aliphatic heterocycles. The number of hydrogen-bond donors (Lipinski definition) is 0. The van der Waals surface area contributed by atoms with Crippen LogP contribution in [-0.4, -0.2) is 23.1 Å². The second-order valence-corrected chi connectivity index (χ2v) is 6.80. The Morgan fingerprint density at radius 2 is 2.05 bits per heavy atom. The van der Waals surface area contributed by atoms with E-state index in [2.05, 4.69) is 16.8 Å². The number of likely N-dealkylation sites (tertiary alicyclic amines) is 1. The van der Waals surface area contributed by atoms with E-state index in [1.807, 2.05) is 4.90 Å². The summed E-state index contributed by atoms with van der Waals surface area (Å²) in [5.41, 5.74) is 1.23. The monoisotopic (exact) mass is 305 g/mol. The van der Waals surface area contributed by atoms with Gasteiger partial charge in [-0.1, -0.05) is 0 Å². The maximum absolute atomic E-state index is 12.6. The highest BCUT2D eigenvalue weighted by atomic mass is 32.1. The molecule has 1 atom stereocenters. The van der Waals surface area contributed by atoms with Gasteiger partial charge in [-0.05, 0) is 54.3 Å². The minimum Gasteiger partial charge on any atom is -0.331 e. The standard InChI is InChI=1S/C15H15NO2S2/c1-10(17)13-4-5-14(20-13)15(18)16-7-2-3-12(16)11-6-8-19-9-11/h4-6,8-9,12H,2-3,7H2,1H3/t12-/m0/s1. The number of carbonyl (C=O) groups excluding carboxylic acids is 2. The number of ketones is 1. The predicted octanol–water partition coefficient (Wildman–Crippen LogP) is 3.99. The van der Waals surface area contributed by atoms with Gasteiger partial charge in [0.15, 0.2) is 5.78 Å². The molecular formula is C15H15NO2S2. The zero-order valence-corrected chi connectivity index (χ0v) is 12.8. The van der Waals surface area contributed by atoms with Crippen LogP contribution in [0.1, 0.15) is 50.7 Å². The summed E-state index contributed by atoms with van der Waals surface area (Å²) in [6, 6.07) is 5.80. The smallest absolute Gasteiger partial charge is 0.264 e. The van der Waals surface area contributed by atoms with Gasteiger partial charge in [-0.3, -0.25) is 9.59 Å². The van der Waals surface area contributed by atoms with Crippen LogP contribution in [0.2, 0.25) is 0 Å². The predicted molar refractivity (Wildman–Crippen MR) is 81.7 cm³/mol. The minimum absolute atomic E-state index is 0.0184. The van der Waals surface area contributed by atoms with Crippen LogP contribution in [0.4, 0.5) is 0 Å². The first-order valence-electron chi connectivity index (χ1n) is 6.60. The van der Waals surface area contributed by atoms with E-state index in [9.17, 15) is 9.59 Å². The Labute approximate surface area is 125 Å². The highest BCUT2D eigenvalue weighted by Gasteiger charge is 2.31. The molecule has 5 heteroatoms. The van der Waals surface area contributed by atoms with Gasteiger partial charge >= 0.3 is 0 Å². The lowest BCUT2D eigenvalue weighted by atomic mass is 10.1. The minimum atomic E-state index is 0.0184. The number of carbonyl (C=O) groups is 2. The van der Waals surface area contributed by atoms with E-state index in [-0.39, 0.29) is 17.7 Å². The van der Waals surface area contributed by atoms with Crippen LogP contribution in [0.25, 0.3) is 0 Å². The fourth-order valence-corrected chi connectivity index (χ4v) is 4.17. The summed E-state index contributed by atoms with van der Waals surface area (Å²) in [5, 5.41) is 4.17. The Morgan fingerprint density at radius 1 is 1.25 bits per heavy atom. The van der Waals surface area contributed by atoms with Gasteiger partial charge in [0.1, 0.15) is 0 Å². The Kier molecular flexibility index (Phi) is 3.72. The van der Waals surface area contributed by atoms with Crippen molar-refractivity contribution in [3.63, 3.8) is 0 Å². The lowest BCUT2D eigenvalue weighted by Gasteiger charge is -2.23. The molecule has 3 heterocycles. The maximum atomic E-state index is 12.6. The molecule has 0 N–H and O–H groups in total. The largest absolute Gasteiger partial charge is 0.331 e. The van der Waals surface area contributed by atoms with E-state index in [1.54, 1.807) is 23.5 Å². The lowest BCUT2D eigenvalue weighted by Crippen LogP contribution is -2.29. The second kappa shape index (κ2) is 5.50. The molecule has 0 aliphatic carbocycles. The van der Waals surface area contributed by atoms with Crippen LogP contribution in [0.5, 0.6) is 0 Å². The molecule has 2 aromatic rings. The van der Waals surface area contributed by atoms with E-state index < -0.39 is 0 Å². The van der Waals surface area contributed by atoms with Crippen molar-refractivity contribution in [3.8, 4) is 0 Å². The van der Waals surface area contributed by atoms with Crippen LogP contribution < -0.4 is 0 Å². The first-order valence-corrected chi connectivity index (χ1v) is 8.36. The molecule has 104 valence electrons. The van der Waals surface area contributed by atoms with Gasteiger partial charge in [0.2, 0.25) is 0 Å². The molecule has 0 bridgehead atoms. The molecule has 0 radical (unpaired) electrons. The van der Waals surface area contributed by atoms with Crippen molar-refractivity contribution in [2.24, 2.45) is 0 Å². The normalized spacial score (nSPS) is 18.4. The van der Waals surface area contributed by atoms with Gasteiger partial charge < -0.3 is 4.90 Å². The van der Waals surface area contributed by atoms with Gasteiger partial charge in [0.05, 0.1) is 15.8 Å². The molecule has 3 rings (SSSR count). The van der Waals surface area contributed by atoms with Crippen molar-refractivity contribution in [3.05, 3.63) is 44.3 Å². The number of nitrogens with zero attached hydrogens (tertiary/aromatic N) is 1. The average Bonchev–Trinajstić information content (AvgIpc) is 3.17. The van der Waals surface area contributed by atoms with Crippen molar-refractivity contribution < 1.29 is 9.59 Å². The molecule has 0 unspecified atom stereocenters. The molecule has 1 aliphatic rings. The average molecular weight is 305 g/mol. The van der Waals surface area contributed by atoms with Crippen molar-refractivity contribution in [2.75, 3.05) is 6.54 Å². The number of thiophene rings is 2. The van der Waals surface area contributed by atoms with Crippen LogP contribution in [0.15, 0.2) is 29.0 Å². The molecule has 20 heavy (non-hydrogen) atoms. The molecular weight excluding hydrogens is 290 g/mol. The number of amides is 1. The van der Waals surface area contributed by atoms with Crippen LogP contribution >= 0.6 is 22.7 Å². The highest BCUT2D eigenvalue weighted by molar-refractivity contribution is 7.16. The van der Waals surface area contributed by atoms with Crippen LogP contribution in [0, 0.1) is 0 Å². The van der Waals surface area contributed by atoms with E-state index in [1.165, 1.54) is 23.8 Å². The van der Waals surface area contributed by atoms with Gasteiger partial charge in [-0.15, -0.1) is 11.3 Å². The molecule has 2 aromatic heterocycles. The summed E-state index contributed by atoms with van der Waals surface area (Å²) in [6.45, 7) is 2.33. The molecule has 1 saturated heterocycles. The van der Waals surface area contributed by atoms with E-state index in [4.69, 9.17) is 0 Å². The van der Waals surface area contributed by atoms with E-state index >= 15 is 0 Å². The molecule has 1 amide bonds. The van der Waals surface area contributed by atoms with Crippen molar-refractivity contribution in [1.29, 1.82) is 0 Å². The third kappa shape index (κ3) is 2.43. The Balaban J connectivity index is 1.83. The number of rotatable bonds is 3. The van der Waals surface area contributed by atoms with Crippen molar-refractivity contribution >= 4 is 34.4 Å². The molecule has 0 aromatic carbocycles. The lowest BCUT2D eigenvalue weighted by molar-refractivity contribution is 0.0740. The van der Waals surface area contributed by atoms with Crippen LogP contribution in [0.3, 0.4) is 0 Å². The molecule has 3 nitrogen and oxygen atoms in total. The van der Waals surface area contributed by atoms with Gasteiger partial charge in [-0.2, -0.15) is 11.3 Å². The van der Waals surface area contributed by atoms with Gasteiger partial charge in [0, 0.05) is 6.54 Å². The summed E-state index contributed by atoms with van der Waals surface area (Å²) in [4.78, 5) is 27.2. The maximum Gasteiger partial charge on any atom is 0.264 e. The summed E-state index contributed by atoms with van der Waals surface area (Å²) in [5.74, 6) is 0.0704. The fraction of sp³-hybridized carbons (Fsp3) is 0.333. The van der Waals surface area contributed by atoms with Crippen LogP contribution in [-0.2, 0) is 0 Å². The number of hydrogen-bond acceptors (Lipinski definition) is 4. The first-order chi connectivity index (χ1) is 9.66. The zero-order chi connectivity index (χ0) is 14.1. The van der Waals surface area contributed by atoms with E-state index in [0.717, 1.165) is 19.4 Å². The van der Waals surface area contributed by atoms with Gasteiger partial charge in [0.25, 0.3) is 5.91 Å². The summed E-state index contributed by atoms with van der Waals surface area (Å²) in [7, 11) is 0. The Bertz CT molecular complexity index is 630. The topological polar surface area (TPSA) is 37.4 Å². The fourth-order valence-electron chi connectivity index (χ4n) is 2.60. The van der Waals surface area contributed by atoms with Gasteiger partial charge in [-0.25, -0.2) is 0 Å². The third-order valence-corrected chi connectivity index (χ3v) is 5.48.